The predicted octanol–water partition coefficient (Wildman–Crippen LogP) is 4.21. The van der Waals surface area contributed by atoms with Gasteiger partial charge in [-0.2, -0.15) is 0 Å². The molecule has 0 aliphatic heterocycles. The van der Waals surface area contributed by atoms with Crippen molar-refractivity contribution in [2.45, 2.75) is 58.8 Å². The number of thiophene rings is 1. The summed E-state index contributed by atoms with van der Waals surface area (Å²) in [6, 6.07) is 2.38. The Bertz CT molecular complexity index is 361. The van der Waals surface area contributed by atoms with Crippen molar-refractivity contribution in [1.29, 1.82) is 0 Å². The lowest BCUT2D eigenvalue weighted by Gasteiger charge is -2.28. The smallest absolute Gasteiger partial charge is 0.00490 e. The highest BCUT2D eigenvalue weighted by molar-refractivity contribution is 7.12. The van der Waals surface area contributed by atoms with E-state index in [-0.39, 0.29) is 0 Å². The third kappa shape index (κ3) is 3.11. The van der Waals surface area contributed by atoms with Gasteiger partial charge < -0.3 is 5.73 Å². The molecule has 0 spiro atoms. The fourth-order valence-electron chi connectivity index (χ4n) is 3.39. The van der Waals surface area contributed by atoms with Gasteiger partial charge in [0, 0.05) is 9.75 Å². The average molecular weight is 251 g/mol. The van der Waals surface area contributed by atoms with Crippen molar-refractivity contribution in [2.24, 2.45) is 11.1 Å². The standard InChI is InChI=1S/C15H25NS/c1-12-11-14(13(2)17-12)5-8-15(9-10-16)6-3-4-7-15/h11H,3-10,16H2,1-2H3. The minimum Gasteiger partial charge on any atom is -0.330 e. The highest BCUT2D eigenvalue weighted by Gasteiger charge is 2.32. The number of nitrogens with two attached hydrogens (primary N) is 1. The first-order valence-corrected chi connectivity index (χ1v) is 7.73. The summed E-state index contributed by atoms with van der Waals surface area (Å²) in [5.41, 5.74) is 7.96. The van der Waals surface area contributed by atoms with E-state index in [2.05, 4.69) is 19.9 Å². The lowest BCUT2D eigenvalue weighted by molar-refractivity contribution is 0.253. The van der Waals surface area contributed by atoms with Crippen LogP contribution in [-0.4, -0.2) is 6.54 Å². The van der Waals surface area contributed by atoms with Gasteiger partial charge in [0.05, 0.1) is 0 Å². The number of hydrogen-bond donors (Lipinski definition) is 1. The Balaban J connectivity index is 1.98. The van der Waals surface area contributed by atoms with Gasteiger partial charge in [-0.3, -0.25) is 0 Å². The first-order chi connectivity index (χ1) is 8.15. The molecule has 0 aromatic carbocycles. The lowest BCUT2D eigenvalue weighted by atomic mass is 9.78. The Kier molecular flexibility index (Phi) is 4.26. The van der Waals surface area contributed by atoms with Crippen LogP contribution < -0.4 is 5.73 Å². The van der Waals surface area contributed by atoms with Crippen LogP contribution in [0.2, 0.25) is 0 Å². The summed E-state index contributed by atoms with van der Waals surface area (Å²) in [7, 11) is 0. The number of hydrogen-bond acceptors (Lipinski definition) is 2. The van der Waals surface area contributed by atoms with Crippen LogP contribution in [0.1, 0.15) is 53.8 Å². The molecule has 0 bridgehead atoms. The fourth-order valence-corrected chi connectivity index (χ4v) is 4.36. The van der Waals surface area contributed by atoms with E-state index in [1.165, 1.54) is 54.7 Å². The first kappa shape index (κ1) is 13.1. The fraction of sp³-hybridized carbons (Fsp3) is 0.733. The van der Waals surface area contributed by atoms with Gasteiger partial charge in [0.25, 0.3) is 0 Å². The number of aryl methyl sites for hydroxylation is 3. The molecule has 17 heavy (non-hydrogen) atoms. The largest absolute Gasteiger partial charge is 0.330 e. The van der Waals surface area contributed by atoms with E-state index in [1.807, 2.05) is 11.3 Å². The normalized spacial score (nSPS) is 18.8. The minimum atomic E-state index is 0.580. The van der Waals surface area contributed by atoms with Crippen molar-refractivity contribution >= 4 is 11.3 Å². The zero-order chi connectivity index (χ0) is 12.3. The molecule has 1 heterocycles. The van der Waals surface area contributed by atoms with Gasteiger partial charge in [0.2, 0.25) is 0 Å². The molecule has 1 aliphatic carbocycles. The monoisotopic (exact) mass is 251 g/mol. The Morgan fingerprint density at radius 1 is 1.24 bits per heavy atom. The van der Waals surface area contributed by atoms with E-state index in [4.69, 9.17) is 5.73 Å². The van der Waals surface area contributed by atoms with E-state index in [0.717, 1.165) is 6.54 Å². The van der Waals surface area contributed by atoms with Crippen LogP contribution in [0.3, 0.4) is 0 Å². The van der Waals surface area contributed by atoms with Crippen LogP contribution in [0.15, 0.2) is 6.07 Å². The molecule has 1 aromatic heterocycles. The van der Waals surface area contributed by atoms with Crippen molar-refractivity contribution in [3.05, 3.63) is 21.4 Å². The molecular formula is C15H25NS. The predicted molar refractivity (Wildman–Crippen MR) is 76.7 cm³/mol. The molecule has 1 nitrogen and oxygen atoms in total. The van der Waals surface area contributed by atoms with E-state index in [9.17, 15) is 0 Å². The summed E-state index contributed by atoms with van der Waals surface area (Å²) in [4.78, 5) is 2.97. The SMILES string of the molecule is Cc1cc(CCC2(CCN)CCCC2)c(C)s1. The van der Waals surface area contributed by atoms with Gasteiger partial charge in [-0.15, -0.1) is 11.3 Å². The zero-order valence-electron chi connectivity index (χ0n) is 11.2. The molecule has 0 saturated heterocycles. The highest BCUT2D eigenvalue weighted by atomic mass is 32.1. The highest BCUT2D eigenvalue weighted by Crippen LogP contribution is 2.44. The summed E-state index contributed by atoms with van der Waals surface area (Å²) in [5.74, 6) is 0. The van der Waals surface area contributed by atoms with Gasteiger partial charge in [-0.05, 0) is 69.5 Å². The van der Waals surface area contributed by atoms with Gasteiger partial charge in [0.15, 0.2) is 0 Å². The molecule has 1 fully saturated rings. The summed E-state index contributed by atoms with van der Waals surface area (Å²) in [5, 5.41) is 0. The van der Waals surface area contributed by atoms with Crippen molar-refractivity contribution in [2.75, 3.05) is 6.54 Å². The maximum absolute atomic E-state index is 5.80. The Labute approximate surface area is 109 Å². The van der Waals surface area contributed by atoms with Crippen LogP contribution in [-0.2, 0) is 6.42 Å². The third-order valence-corrected chi connectivity index (χ3v) is 5.42. The van der Waals surface area contributed by atoms with E-state index < -0.39 is 0 Å². The molecule has 0 radical (unpaired) electrons. The van der Waals surface area contributed by atoms with Crippen molar-refractivity contribution in [3.63, 3.8) is 0 Å². The number of rotatable bonds is 5. The third-order valence-electron chi connectivity index (χ3n) is 4.41. The van der Waals surface area contributed by atoms with Gasteiger partial charge in [-0.25, -0.2) is 0 Å². The van der Waals surface area contributed by atoms with Gasteiger partial charge in [-0.1, -0.05) is 12.8 Å². The molecule has 2 heteroatoms. The van der Waals surface area contributed by atoms with Crippen molar-refractivity contribution in [1.82, 2.24) is 0 Å². The van der Waals surface area contributed by atoms with Crippen LogP contribution in [0.4, 0.5) is 0 Å². The second-order valence-corrected chi connectivity index (χ2v) is 7.14. The van der Waals surface area contributed by atoms with E-state index in [0.29, 0.717) is 5.41 Å². The van der Waals surface area contributed by atoms with E-state index in [1.54, 1.807) is 5.56 Å². The van der Waals surface area contributed by atoms with Crippen molar-refractivity contribution < 1.29 is 0 Å². The minimum absolute atomic E-state index is 0.580. The summed E-state index contributed by atoms with van der Waals surface area (Å²) in [6.07, 6.45) is 9.49. The molecule has 0 unspecified atom stereocenters. The molecule has 2 N–H and O–H groups in total. The summed E-state index contributed by atoms with van der Waals surface area (Å²) in [6.45, 7) is 5.34. The van der Waals surface area contributed by atoms with Crippen molar-refractivity contribution in [3.8, 4) is 0 Å². The van der Waals surface area contributed by atoms with Crippen LogP contribution in [0.25, 0.3) is 0 Å². The molecule has 2 rings (SSSR count). The maximum Gasteiger partial charge on any atom is 0.00490 e. The average Bonchev–Trinajstić information content (AvgIpc) is 2.84. The Morgan fingerprint density at radius 2 is 1.94 bits per heavy atom. The van der Waals surface area contributed by atoms with E-state index >= 15 is 0 Å². The Hall–Kier alpha value is -0.340. The van der Waals surface area contributed by atoms with Gasteiger partial charge in [0.1, 0.15) is 0 Å². The summed E-state index contributed by atoms with van der Waals surface area (Å²) >= 11 is 1.94. The second-order valence-electron chi connectivity index (χ2n) is 5.68. The quantitative estimate of drug-likeness (QED) is 0.833. The molecule has 1 saturated carbocycles. The van der Waals surface area contributed by atoms with Crippen LogP contribution in [0, 0.1) is 19.3 Å². The first-order valence-electron chi connectivity index (χ1n) is 6.91. The van der Waals surface area contributed by atoms with Crippen LogP contribution in [0.5, 0.6) is 0 Å². The molecule has 1 aliphatic rings. The molecule has 96 valence electrons. The molecule has 0 atom stereocenters. The lowest BCUT2D eigenvalue weighted by Crippen LogP contribution is -2.21. The topological polar surface area (TPSA) is 26.0 Å². The Morgan fingerprint density at radius 3 is 2.47 bits per heavy atom. The molecule has 1 aromatic rings. The second kappa shape index (κ2) is 5.53. The molecular weight excluding hydrogens is 226 g/mol. The van der Waals surface area contributed by atoms with Crippen LogP contribution >= 0.6 is 11.3 Å². The maximum atomic E-state index is 5.80. The molecule has 0 amide bonds. The summed E-state index contributed by atoms with van der Waals surface area (Å²) < 4.78 is 0. The van der Waals surface area contributed by atoms with Gasteiger partial charge >= 0.3 is 0 Å². The zero-order valence-corrected chi connectivity index (χ0v) is 12.0.